The normalized spacial score (nSPS) is 10.3. The third kappa shape index (κ3) is 4.09. The molecule has 3 N–H and O–H groups in total. The van der Waals surface area contributed by atoms with E-state index in [0.717, 1.165) is 5.56 Å². The smallest absolute Gasteiger partial charge is 0.320 e. The van der Waals surface area contributed by atoms with Crippen LogP contribution in [0.3, 0.4) is 0 Å². The van der Waals surface area contributed by atoms with Gasteiger partial charge in [0.25, 0.3) is 0 Å². The van der Waals surface area contributed by atoms with Crippen LogP contribution in [0.1, 0.15) is 0 Å². The van der Waals surface area contributed by atoms with Crippen molar-refractivity contribution in [2.45, 2.75) is 6.54 Å². The molecule has 0 bridgehead atoms. The van der Waals surface area contributed by atoms with E-state index in [1.807, 2.05) is 12.1 Å². The van der Waals surface area contributed by atoms with Crippen LogP contribution in [0.25, 0.3) is 11.3 Å². The molecule has 1 heterocycles. The summed E-state index contributed by atoms with van der Waals surface area (Å²) < 4.78 is 1.53. The van der Waals surface area contributed by atoms with Gasteiger partial charge in [-0.3, -0.25) is 5.32 Å². The summed E-state index contributed by atoms with van der Waals surface area (Å²) in [5.74, 6) is 0.491. The lowest BCUT2D eigenvalue weighted by molar-refractivity contribution is 0.252. The Morgan fingerprint density at radius 3 is 2.95 bits per heavy atom. The number of halogens is 1. The summed E-state index contributed by atoms with van der Waals surface area (Å²) in [7, 11) is 0. The second-order valence-electron chi connectivity index (χ2n) is 4.50. The van der Waals surface area contributed by atoms with E-state index in [-0.39, 0.29) is 19.2 Å². The van der Waals surface area contributed by atoms with Gasteiger partial charge in [-0.15, -0.1) is 6.58 Å². The molecular formula is C15H17ClN4O2. The van der Waals surface area contributed by atoms with Crippen molar-refractivity contribution in [3.63, 3.8) is 0 Å². The Labute approximate surface area is 133 Å². The van der Waals surface area contributed by atoms with Crippen molar-refractivity contribution in [1.82, 2.24) is 15.1 Å². The van der Waals surface area contributed by atoms with Crippen LogP contribution in [-0.2, 0) is 6.54 Å². The molecule has 2 aromatic rings. The van der Waals surface area contributed by atoms with E-state index < -0.39 is 0 Å². The zero-order valence-corrected chi connectivity index (χ0v) is 12.7. The van der Waals surface area contributed by atoms with Crippen LogP contribution in [-0.4, -0.2) is 34.1 Å². The van der Waals surface area contributed by atoms with Crippen molar-refractivity contribution in [2.24, 2.45) is 0 Å². The Morgan fingerprint density at radius 1 is 1.45 bits per heavy atom. The highest BCUT2D eigenvalue weighted by molar-refractivity contribution is 6.30. The van der Waals surface area contributed by atoms with Crippen LogP contribution in [0.15, 0.2) is 43.0 Å². The van der Waals surface area contributed by atoms with Gasteiger partial charge in [0.2, 0.25) is 0 Å². The van der Waals surface area contributed by atoms with Gasteiger partial charge in [-0.1, -0.05) is 29.8 Å². The van der Waals surface area contributed by atoms with Gasteiger partial charge >= 0.3 is 6.03 Å². The number of carbonyl (C=O) groups is 1. The number of hydrogen-bond acceptors (Lipinski definition) is 3. The van der Waals surface area contributed by atoms with Crippen LogP contribution in [0, 0.1) is 0 Å². The van der Waals surface area contributed by atoms with Gasteiger partial charge in [0, 0.05) is 23.2 Å². The molecule has 2 amide bonds. The molecule has 0 saturated heterocycles. The summed E-state index contributed by atoms with van der Waals surface area (Å²) in [5, 5.41) is 19.4. The number of aliphatic hydroxyl groups is 1. The fraction of sp³-hybridized carbons (Fsp3) is 0.200. The van der Waals surface area contributed by atoms with Crippen molar-refractivity contribution in [2.75, 3.05) is 18.5 Å². The van der Waals surface area contributed by atoms with Crippen molar-refractivity contribution < 1.29 is 9.90 Å². The van der Waals surface area contributed by atoms with Gasteiger partial charge in [-0.2, -0.15) is 5.10 Å². The number of nitrogens with zero attached hydrogens (tertiary/aromatic N) is 2. The fourth-order valence-electron chi connectivity index (χ4n) is 1.90. The molecule has 0 aliphatic heterocycles. The molecule has 0 radical (unpaired) electrons. The highest BCUT2D eigenvalue weighted by atomic mass is 35.5. The molecule has 0 spiro atoms. The minimum absolute atomic E-state index is 0.0837. The molecule has 0 aliphatic rings. The fourth-order valence-corrected chi connectivity index (χ4v) is 2.09. The first-order valence-corrected chi connectivity index (χ1v) is 7.12. The van der Waals surface area contributed by atoms with E-state index in [9.17, 15) is 4.79 Å². The lowest BCUT2D eigenvalue weighted by Crippen LogP contribution is -2.29. The zero-order chi connectivity index (χ0) is 15.9. The van der Waals surface area contributed by atoms with Crippen molar-refractivity contribution in [3.05, 3.63) is 48.0 Å². The topological polar surface area (TPSA) is 79.2 Å². The highest BCUT2D eigenvalue weighted by Crippen LogP contribution is 2.24. The molecule has 2 rings (SSSR count). The average Bonchev–Trinajstić information content (AvgIpc) is 2.88. The molecule has 22 heavy (non-hydrogen) atoms. The lowest BCUT2D eigenvalue weighted by Gasteiger charge is -2.07. The van der Waals surface area contributed by atoms with Crippen LogP contribution in [0.4, 0.5) is 10.6 Å². The second kappa shape index (κ2) is 7.63. The molecule has 0 aliphatic carbocycles. The number of hydrogen-bond donors (Lipinski definition) is 3. The van der Waals surface area contributed by atoms with Crippen LogP contribution in [0.5, 0.6) is 0 Å². The number of aromatic nitrogens is 2. The molecular weight excluding hydrogens is 304 g/mol. The van der Waals surface area contributed by atoms with E-state index in [1.165, 1.54) is 4.68 Å². The summed E-state index contributed by atoms with van der Waals surface area (Å²) in [4.78, 5) is 11.7. The first-order chi connectivity index (χ1) is 10.6. The van der Waals surface area contributed by atoms with Crippen molar-refractivity contribution in [3.8, 4) is 11.3 Å². The van der Waals surface area contributed by atoms with Gasteiger partial charge in [0.05, 0.1) is 18.8 Å². The predicted octanol–water partition coefficient (Wildman–Crippen LogP) is 2.50. The molecule has 0 unspecified atom stereocenters. The summed E-state index contributed by atoms with van der Waals surface area (Å²) in [6, 6.07) is 8.63. The number of amides is 2. The van der Waals surface area contributed by atoms with Gasteiger partial charge in [-0.25, -0.2) is 9.48 Å². The van der Waals surface area contributed by atoms with Crippen LogP contribution >= 0.6 is 11.6 Å². The van der Waals surface area contributed by atoms with E-state index in [0.29, 0.717) is 23.1 Å². The van der Waals surface area contributed by atoms with E-state index in [1.54, 1.807) is 24.3 Å². The van der Waals surface area contributed by atoms with E-state index in [2.05, 4.69) is 22.3 Å². The Bertz CT molecular complexity index is 669. The quantitative estimate of drug-likeness (QED) is 0.715. The maximum absolute atomic E-state index is 11.7. The standard InChI is InChI=1S/C15H17ClN4O2/c1-2-6-17-15(22)18-14-10-13(19-20(14)7-8-21)11-4-3-5-12(16)9-11/h2-5,9-10,21H,1,6-8H2,(H2,17,18,22). The third-order valence-corrected chi connectivity index (χ3v) is 3.10. The minimum Gasteiger partial charge on any atom is -0.394 e. The van der Waals surface area contributed by atoms with Gasteiger partial charge in [0.15, 0.2) is 0 Å². The molecule has 7 heteroatoms. The summed E-state index contributed by atoms with van der Waals surface area (Å²) in [5.41, 5.74) is 1.49. The first kappa shape index (κ1) is 16.1. The Morgan fingerprint density at radius 2 is 2.27 bits per heavy atom. The van der Waals surface area contributed by atoms with Crippen LogP contribution < -0.4 is 10.6 Å². The molecule has 1 aromatic heterocycles. The van der Waals surface area contributed by atoms with Gasteiger partial charge in [0.1, 0.15) is 5.82 Å². The molecule has 6 nitrogen and oxygen atoms in total. The van der Waals surface area contributed by atoms with Crippen molar-refractivity contribution >= 4 is 23.4 Å². The summed E-state index contributed by atoms with van der Waals surface area (Å²) in [6.45, 7) is 4.09. The minimum atomic E-state index is -0.364. The molecule has 0 atom stereocenters. The third-order valence-electron chi connectivity index (χ3n) is 2.86. The number of urea groups is 1. The number of rotatable bonds is 6. The summed E-state index contributed by atoms with van der Waals surface area (Å²) >= 11 is 5.98. The van der Waals surface area contributed by atoms with Crippen molar-refractivity contribution in [1.29, 1.82) is 0 Å². The number of nitrogens with one attached hydrogen (secondary N) is 2. The van der Waals surface area contributed by atoms with E-state index >= 15 is 0 Å². The number of anilines is 1. The van der Waals surface area contributed by atoms with Crippen LogP contribution in [0.2, 0.25) is 5.02 Å². The van der Waals surface area contributed by atoms with Gasteiger partial charge in [-0.05, 0) is 12.1 Å². The highest BCUT2D eigenvalue weighted by Gasteiger charge is 2.12. The number of benzene rings is 1. The largest absolute Gasteiger partial charge is 0.394 e. The Balaban J connectivity index is 2.25. The second-order valence-corrected chi connectivity index (χ2v) is 4.93. The number of aliphatic hydroxyl groups excluding tert-OH is 1. The molecule has 0 saturated carbocycles. The Hall–Kier alpha value is -2.31. The molecule has 1 aromatic carbocycles. The Kier molecular flexibility index (Phi) is 5.57. The van der Waals surface area contributed by atoms with Gasteiger partial charge < -0.3 is 10.4 Å². The zero-order valence-electron chi connectivity index (χ0n) is 11.9. The van der Waals surface area contributed by atoms with E-state index in [4.69, 9.17) is 16.7 Å². The predicted molar refractivity (Wildman–Crippen MR) is 87.0 cm³/mol. The maximum Gasteiger partial charge on any atom is 0.320 e. The lowest BCUT2D eigenvalue weighted by atomic mass is 10.1. The monoisotopic (exact) mass is 320 g/mol. The average molecular weight is 321 g/mol. The number of carbonyl (C=O) groups excluding carboxylic acids is 1. The first-order valence-electron chi connectivity index (χ1n) is 6.74. The molecule has 0 fully saturated rings. The summed E-state index contributed by atoms with van der Waals surface area (Å²) in [6.07, 6.45) is 1.59. The maximum atomic E-state index is 11.7. The SMILES string of the molecule is C=CCNC(=O)Nc1cc(-c2cccc(Cl)c2)nn1CCO. The molecule has 116 valence electrons.